The first kappa shape index (κ1) is 23.0. The Hall–Kier alpha value is -3.22. The van der Waals surface area contributed by atoms with E-state index in [2.05, 4.69) is 53.6 Å². The summed E-state index contributed by atoms with van der Waals surface area (Å²) >= 11 is 0. The van der Waals surface area contributed by atoms with Crippen LogP contribution in [0.3, 0.4) is 0 Å². The third kappa shape index (κ3) is 5.41. The van der Waals surface area contributed by atoms with Gasteiger partial charge in [0.05, 0.1) is 5.69 Å². The molecule has 0 aliphatic carbocycles. The summed E-state index contributed by atoms with van der Waals surface area (Å²) in [7, 11) is 0. The van der Waals surface area contributed by atoms with Crippen LogP contribution in [0, 0.1) is 6.92 Å². The first-order chi connectivity index (χ1) is 16.1. The van der Waals surface area contributed by atoms with Crippen molar-refractivity contribution in [2.24, 2.45) is 0 Å². The molecule has 33 heavy (non-hydrogen) atoms. The second-order valence-corrected chi connectivity index (χ2v) is 8.62. The van der Waals surface area contributed by atoms with Crippen molar-refractivity contribution in [1.29, 1.82) is 0 Å². The Balaban J connectivity index is 1.75. The lowest BCUT2D eigenvalue weighted by Crippen LogP contribution is -2.36. The molecule has 172 valence electrons. The van der Waals surface area contributed by atoms with Gasteiger partial charge in [0.25, 0.3) is 5.91 Å². The SMILES string of the molecule is CCN1CCCC(n2c(-c3cccc(C=CC(=O)NO)c3)nc(Cc3ccccc3)c2C)C1. The quantitative estimate of drug-likeness (QED) is 0.317. The summed E-state index contributed by atoms with van der Waals surface area (Å²) in [6, 6.07) is 18.9. The van der Waals surface area contributed by atoms with E-state index in [4.69, 9.17) is 10.2 Å². The van der Waals surface area contributed by atoms with E-state index in [0.29, 0.717) is 6.04 Å². The number of benzene rings is 2. The van der Waals surface area contributed by atoms with E-state index < -0.39 is 5.91 Å². The molecule has 1 aromatic heterocycles. The number of piperidine rings is 1. The van der Waals surface area contributed by atoms with E-state index >= 15 is 0 Å². The number of likely N-dealkylation sites (tertiary alicyclic amines) is 1. The molecule has 6 nitrogen and oxygen atoms in total. The van der Waals surface area contributed by atoms with Gasteiger partial charge in [0, 0.05) is 36.3 Å². The van der Waals surface area contributed by atoms with Crippen molar-refractivity contribution in [1.82, 2.24) is 19.9 Å². The van der Waals surface area contributed by atoms with Gasteiger partial charge >= 0.3 is 0 Å². The van der Waals surface area contributed by atoms with Gasteiger partial charge in [0.2, 0.25) is 0 Å². The van der Waals surface area contributed by atoms with Crippen molar-refractivity contribution in [3.8, 4) is 11.4 Å². The maximum Gasteiger partial charge on any atom is 0.267 e. The summed E-state index contributed by atoms with van der Waals surface area (Å²) < 4.78 is 2.43. The number of hydrogen-bond acceptors (Lipinski definition) is 4. The average Bonchev–Trinajstić information content (AvgIpc) is 3.19. The third-order valence-electron chi connectivity index (χ3n) is 6.44. The van der Waals surface area contributed by atoms with Gasteiger partial charge in [-0.3, -0.25) is 10.0 Å². The number of rotatable bonds is 7. The number of hydrogen-bond donors (Lipinski definition) is 2. The summed E-state index contributed by atoms with van der Waals surface area (Å²) in [6.45, 7) is 7.66. The predicted octanol–water partition coefficient (Wildman–Crippen LogP) is 4.62. The Morgan fingerprint density at radius 2 is 2.03 bits per heavy atom. The van der Waals surface area contributed by atoms with Crippen molar-refractivity contribution >= 4 is 12.0 Å². The highest BCUT2D eigenvalue weighted by Gasteiger charge is 2.26. The molecule has 2 aromatic carbocycles. The minimum atomic E-state index is -0.551. The highest BCUT2D eigenvalue weighted by atomic mass is 16.5. The second kappa shape index (κ2) is 10.6. The molecular formula is C27H32N4O2. The maximum atomic E-state index is 11.4. The Morgan fingerprint density at radius 3 is 2.79 bits per heavy atom. The number of aromatic nitrogens is 2. The lowest BCUT2D eigenvalue weighted by Gasteiger charge is -2.34. The summed E-state index contributed by atoms with van der Waals surface area (Å²) in [5.41, 5.74) is 7.11. The average molecular weight is 445 g/mol. The van der Waals surface area contributed by atoms with Crippen molar-refractivity contribution in [2.75, 3.05) is 19.6 Å². The molecule has 4 rings (SSSR count). The third-order valence-corrected chi connectivity index (χ3v) is 6.44. The van der Waals surface area contributed by atoms with Gasteiger partial charge in [-0.15, -0.1) is 0 Å². The molecule has 1 aliphatic heterocycles. The number of carbonyl (C=O) groups is 1. The molecule has 6 heteroatoms. The fraction of sp³-hybridized carbons (Fsp3) is 0.333. The molecule has 1 amide bonds. The first-order valence-electron chi connectivity index (χ1n) is 11.7. The fourth-order valence-electron chi connectivity index (χ4n) is 4.69. The van der Waals surface area contributed by atoms with E-state index in [-0.39, 0.29) is 0 Å². The van der Waals surface area contributed by atoms with E-state index in [9.17, 15) is 4.79 Å². The van der Waals surface area contributed by atoms with Crippen LogP contribution in [-0.4, -0.2) is 45.2 Å². The van der Waals surface area contributed by atoms with Gasteiger partial charge in [-0.25, -0.2) is 10.5 Å². The molecule has 1 atom stereocenters. The number of carbonyl (C=O) groups excluding carboxylic acids is 1. The van der Waals surface area contributed by atoms with Crippen LogP contribution in [0.15, 0.2) is 60.7 Å². The Morgan fingerprint density at radius 1 is 1.21 bits per heavy atom. The van der Waals surface area contributed by atoms with E-state index in [1.54, 1.807) is 11.6 Å². The Kier molecular flexibility index (Phi) is 7.37. The molecule has 0 spiro atoms. The summed E-state index contributed by atoms with van der Waals surface area (Å²) in [5.74, 6) is 0.424. The van der Waals surface area contributed by atoms with Gasteiger partial charge < -0.3 is 9.47 Å². The Bertz CT molecular complexity index is 1120. The molecule has 1 saturated heterocycles. The number of nitrogens with zero attached hydrogens (tertiary/aromatic N) is 3. The van der Waals surface area contributed by atoms with Crippen molar-refractivity contribution in [3.05, 3.63) is 83.2 Å². The van der Waals surface area contributed by atoms with Crippen molar-refractivity contribution in [2.45, 2.75) is 39.2 Å². The molecule has 1 fully saturated rings. The first-order valence-corrected chi connectivity index (χ1v) is 11.7. The van der Waals surface area contributed by atoms with Crippen LogP contribution in [0.1, 0.15) is 48.3 Å². The molecule has 3 aromatic rings. The van der Waals surface area contributed by atoms with Gasteiger partial charge in [-0.2, -0.15) is 0 Å². The van der Waals surface area contributed by atoms with Crippen LogP contribution in [0.4, 0.5) is 0 Å². The van der Waals surface area contributed by atoms with Crippen LogP contribution in [0.5, 0.6) is 0 Å². The van der Waals surface area contributed by atoms with Gasteiger partial charge in [0.1, 0.15) is 5.82 Å². The number of imidazole rings is 1. The summed E-state index contributed by atoms with van der Waals surface area (Å²) in [4.78, 5) is 19.1. The van der Waals surface area contributed by atoms with E-state index in [1.807, 2.05) is 24.3 Å². The number of amides is 1. The minimum Gasteiger partial charge on any atom is -0.324 e. The highest BCUT2D eigenvalue weighted by Crippen LogP contribution is 2.32. The van der Waals surface area contributed by atoms with Crippen molar-refractivity contribution < 1.29 is 10.0 Å². The summed E-state index contributed by atoms with van der Waals surface area (Å²) in [5, 5.41) is 8.75. The Labute approximate surface area is 195 Å². The van der Waals surface area contributed by atoms with Gasteiger partial charge in [0.15, 0.2) is 0 Å². The highest BCUT2D eigenvalue weighted by molar-refractivity contribution is 5.91. The molecule has 0 bridgehead atoms. The minimum absolute atomic E-state index is 0.380. The molecule has 0 radical (unpaired) electrons. The number of nitrogens with one attached hydrogen (secondary N) is 1. The van der Waals surface area contributed by atoms with E-state index in [0.717, 1.165) is 55.1 Å². The molecule has 1 unspecified atom stereocenters. The van der Waals surface area contributed by atoms with Crippen LogP contribution in [0.25, 0.3) is 17.5 Å². The standard InChI is InChI=1S/C27H32N4O2/c1-3-30-16-8-13-24(19-30)31-20(2)25(18-21-9-5-4-6-10-21)28-27(31)23-12-7-11-22(17-23)14-15-26(32)29-33/h4-7,9-12,14-15,17,24,33H,3,8,13,16,18-19H2,1-2H3,(H,29,32). The van der Waals surface area contributed by atoms with E-state index in [1.165, 1.54) is 23.8 Å². The molecule has 2 heterocycles. The second-order valence-electron chi connectivity index (χ2n) is 8.62. The zero-order valence-electron chi connectivity index (χ0n) is 19.4. The molecule has 2 N–H and O–H groups in total. The van der Waals surface area contributed by atoms with Crippen molar-refractivity contribution in [3.63, 3.8) is 0 Å². The maximum absolute atomic E-state index is 11.4. The van der Waals surface area contributed by atoms with Crippen LogP contribution in [0.2, 0.25) is 0 Å². The molecule has 1 aliphatic rings. The van der Waals surface area contributed by atoms with Crippen LogP contribution < -0.4 is 5.48 Å². The smallest absolute Gasteiger partial charge is 0.267 e. The zero-order chi connectivity index (χ0) is 23.2. The van der Waals surface area contributed by atoms with Gasteiger partial charge in [-0.1, -0.05) is 55.5 Å². The fourth-order valence-corrected chi connectivity index (χ4v) is 4.69. The lowest BCUT2D eigenvalue weighted by atomic mass is 10.0. The predicted molar refractivity (Wildman–Crippen MR) is 131 cm³/mol. The normalized spacial score (nSPS) is 16.9. The topological polar surface area (TPSA) is 70.4 Å². The lowest BCUT2D eigenvalue weighted by molar-refractivity contribution is -0.124. The van der Waals surface area contributed by atoms with Gasteiger partial charge in [-0.05, 0) is 56.1 Å². The van der Waals surface area contributed by atoms with Crippen LogP contribution in [-0.2, 0) is 11.2 Å². The number of likely N-dealkylation sites (N-methyl/N-ethyl adjacent to an activating group) is 1. The summed E-state index contributed by atoms with van der Waals surface area (Å²) in [6.07, 6.45) is 6.13. The largest absolute Gasteiger partial charge is 0.324 e. The number of hydroxylamine groups is 1. The van der Waals surface area contributed by atoms with Crippen LogP contribution >= 0.6 is 0 Å². The molecule has 0 saturated carbocycles. The molecular weight excluding hydrogens is 412 g/mol. The monoisotopic (exact) mass is 444 g/mol. The zero-order valence-corrected chi connectivity index (χ0v) is 19.4.